The molecule has 2 unspecified atom stereocenters. The van der Waals surface area contributed by atoms with Crippen molar-refractivity contribution < 1.29 is 14.6 Å². The lowest BCUT2D eigenvalue weighted by molar-refractivity contribution is 0.0936. The van der Waals surface area contributed by atoms with Gasteiger partial charge in [0.15, 0.2) is 0 Å². The van der Waals surface area contributed by atoms with Gasteiger partial charge in [-0.1, -0.05) is 12.7 Å². The van der Waals surface area contributed by atoms with Crippen LogP contribution in [0.5, 0.6) is 5.75 Å². The lowest BCUT2D eigenvalue weighted by Crippen LogP contribution is -2.41. The lowest BCUT2D eigenvalue weighted by atomic mass is 10.1. The summed E-state index contributed by atoms with van der Waals surface area (Å²) in [5.74, 6) is 0.548. The number of aliphatic hydroxyl groups excluding tert-OH is 1. The standard InChI is InChI=1S/C15H21NO3S/c1-4-9-19-13-7-5-12(6-8-13)15(18)16-11(2)14(10-17)20-3/h4-8,11,14,17H,1,9-10H2,2-3H3,(H,16,18). The summed E-state index contributed by atoms with van der Waals surface area (Å²) in [4.78, 5) is 12.1. The molecule has 20 heavy (non-hydrogen) atoms. The average molecular weight is 295 g/mol. The first-order valence-corrected chi connectivity index (χ1v) is 7.69. The molecule has 1 aromatic carbocycles. The summed E-state index contributed by atoms with van der Waals surface area (Å²) in [7, 11) is 0. The van der Waals surface area contributed by atoms with Gasteiger partial charge in [-0.15, -0.1) is 0 Å². The second-order valence-electron chi connectivity index (χ2n) is 4.34. The van der Waals surface area contributed by atoms with Crippen molar-refractivity contribution in [3.05, 3.63) is 42.5 Å². The van der Waals surface area contributed by atoms with Gasteiger partial charge in [-0.05, 0) is 37.4 Å². The lowest BCUT2D eigenvalue weighted by Gasteiger charge is -2.21. The summed E-state index contributed by atoms with van der Waals surface area (Å²) < 4.78 is 5.36. The Labute approximate surface area is 124 Å². The van der Waals surface area contributed by atoms with E-state index in [2.05, 4.69) is 11.9 Å². The van der Waals surface area contributed by atoms with Crippen LogP contribution in [0.4, 0.5) is 0 Å². The third-order valence-corrected chi connectivity index (χ3v) is 4.05. The van der Waals surface area contributed by atoms with Crippen LogP contribution >= 0.6 is 11.8 Å². The number of nitrogens with one attached hydrogen (secondary N) is 1. The molecular formula is C15H21NO3S. The largest absolute Gasteiger partial charge is 0.490 e. The second kappa shape index (κ2) is 8.66. The quantitative estimate of drug-likeness (QED) is 0.721. The molecule has 0 aromatic heterocycles. The van der Waals surface area contributed by atoms with E-state index in [1.165, 1.54) is 11.8 Å². The Morgan fingerprint density at radius 3 is 2.65 bits per heavy atom. The number of aliphatic hydroxyl groups is 1. The summed E-state index contributed by atoms with van der Waals surface area (Å²) in [6, 6.07) is 6.84. The van der Waals surface area contributed by atoms with Gasteiger partial charge in [-0.2, -0.15) is 11.8 Å². The van der Waals surface area contributed by atoms with Crippen LogP contribution < -0.4 is 10.1 Å². The molecule has 110 valence electrons. The third kappa shape index (κ3) is 4.90. The van der Waals surface area contributed by atoms with Gasteiger partial charge in [-0.3, -0.25) is 4.79 Å². The molecule has 0 radical (unpaired) electrons. The molecule has 1 aromatic rings. The summed E-state index contributed by atoms with van der Waals surface area (Å²) in [6.07, 6.45) is 3.58. The van der Waals surface area contributed by atoms with Gasteiger partial charge in [0.05, 0.1) is 6.61 Å². The van der Waals surface area contributed by atoms with Gasteiger partial charge in [0.2, 0.25) is 0 Å². The van der Waals surface area contributed by atoms with Crippen LogP contribution in [0.2, 0.25) is 0 Å². The first-order valence-electron chi connectivity index (χ1n) is 6.40. The van der Waals surface area contributed by atoms with Crippen LogP contribution in [-0.4, -0.2) is 41.8 Å². The molecule has 0 spiro atoms. The molecule has 0 aliphatic carbocycles. The highest BCUT2D eigenvalue weighted by atomic mass is 32.2. The highest BCUT2D eigenvalue weighted by Gasteiger charge is 2.18. The van der Waals surface area contributed by atoms with E-state index >= 15 is 0 Å². The molecule has 5 heteroatoms. The van der Waals surface area contributed by atoms with Gasteiger partial charge in [0.1, 0.15) is 12.4 Å². The van der Waals surface area contributed by atoms with E-state index in [-0.39, 0.29) is 23.8 Å². The summed E-state index contributed by atoms with van der Waals surface area (Å²) in [5.41, 5.74) is 0.570. The minimum Gasteiger partial charge on any atom is -0.490 e. The summed E-state index contributed by atoms with van der Waals surface area (Å²) in [6.45, 7) is 5.94. The highest BCUT2D eigenvalue weighted by molar-refractivity contribution is 7.99. The maximum absolute atomic E-state index is 12.1. The van der Waals surface area contributed by atoms with E-state index < -0.39 is 0 Å². The Kier molecular flexibility index (Phi) is 7.18. The maximum Gasteiger partial charge on any atom is 0.251 e. The van der Waals surface area contributed by atoms with Crippen molar-refractivity contribution in [2.45, 2.75) is 18.2 Å². The van der Waals surface area contributed by atoms with Crippen LogP contribution in [0.25, 0.3) is 0 Å². The predicted molar refractivity (Wildman–Crippen MR) is 83.5 cm³/mol. The molecule has 0 heterocycles. The maximum atomic E-state index is 12.1. The Balaban J connectivity index is 2.61. The van der Waals surface area contributed by atoms with Crippen LogP contribution in [0.15, 0.2) is 36.9 Å². The molecule has 2 atom stereocenters. The van der Waals surface area contributed by atoms with Gasteiger partial charge in [0.25, 0.3) is 5.91 Å². The van der Waals surface area contributed by atoms with Crippen LogP contribution in [0, 0.1) is 0 Å². The molecule has 1 amide bonds. The van der Waals surface area contributed by atoms with Crippen molar-refractivity contribution in [2.75, 3.05) is 19.5 Å². The number of ether oxygens (including phenoxy) is 1. The highest BCUT2D eigenvalue weighted by Crippen LogP contribution is 2.14. The van der Waals surface area contributed by atoms with E-state index in [0.29, 0.717) is 17.9 Å². The molecule has 0 fully saturated rings. The van der Waals surface area contributed by atoms with Gasteiger partial charge in [-0.25, -0.2) is 0 Å². The van der Waals surface area contributed by atoms with Crippen LogP contribution in [0.1, 0.15) is 17.3 Å². The zero-order valence-electron chi connectivity index (χ0n) is 11.8. The second-order valence-corrected chi connectivity index (χ2v) is 5.42. The molecule has 2 N–H and O–H groups in total. The zero-order chi connectivity index (χ0) is 15.0. The summed E-state index contributed by atoms with van der Waals surface area (Å²) >= 11 is 1.53. The number of hydrogen-bond acceptors (Lipinski definition) is 4. The number of hydrogen-bond donors (Lipinski definition) is 2. The number of carbonyl (C=O) groups excluding carboxylic acids is 1. The summed E-state index contributed by atoms with van der Waals surface area (Å²) in [5, 5.41) is 12.1. The van der Waals surface area contributed by atoms with Crippen molar-refractivity contribution in [2.24, 2.45) is 0 Å². The topological polar surface area (TPSA) is 58.6 Å². The fraction of sp³-hybridized carbons (Fsp3) is 0.400. The minimum atomic E-state index is -0.153. The molecule has 1 rings (SSSR count). The Bertz CT molecular complexity index is 429. The van der Waals surface area contributed by atoms with Crippen molar-refractivity contribution in [1.82, 2.24) is 5.32 Å². The molecule has 0 saturated heterocycles. The number of benzene rings is 1. The fourth-order valence-electron chi connectivity index (χ4n) is 1.68. The van der Waals surface area contributed by atoms with Crippen LogP contribution in [0.3, 0.4) is 0 Å². The van der Waals surface area contributed by atoms with E-state index in [1.807, 2.05) is 13.2 Å². The Morgan fingerprint density at radius 1 is 1.50 bits per heavy atom. The van der Waals surface area contributed by atoms with E-state index in [1.54, 1.807) is 30.3 Å². The third-order valence-electron chi connectivity index (χ3n) is 2.88. The van der Waals surface area contributed by atoms with E-state index in [4.69, 9.17) is 4.74 Å². The van der Waals surface area contributed by atoms with Crippen molar-refractivity contribution in [1.29, 1.82) is 0 Å². The number of rotatable bonds is 8. The zero-order valence-corrected chi connectivity index (χ0v) is 12.7. The normalized spacial score (nSPS) is 13.3. The Morgan fingerprint density at radius 2 is 2.15 bits per heavy atom. The van der Waals surface area contributed by atoms with Gasteiger partial charge >= 0.3 is 0 Å². The van der Waals surface area contributed by atoms with E-state index in [0.717, 1.165) is 0 Å². The smallest absolute Gasteiger partial charge is 0.251 e. The SMILES string of the molecule is C=CCOc1ccc(C(=O)NC(C)C(CO)SC)cc1. The van der Waals surface area contributed by atoms with Crippen LogP contribution in [-0.2, 0) is 0 Å². The molecule has 4 nitrogen and oxygen atoms in total. The van der Waals surface area contributed by atoms with Gasteiger partial charge < -0.3 is 15.2 Å². The molecule has 0 aliphatic heterocycles. The monoisotopic (exact) mass is 295 g/mol. The number of amides is 1. The van der Waals surface area contributed by atoms with Crippen molar-refractivity contribution in [3.8, 4) is 5.75 Å². The Hall–Kier alpha value is -1.46. The fourth-order valence-corrected chi connectivity index (χ4v) is 2.30. The molecule has 0 aliphatic rings. The minimum absolute atomic E-state index is 0.00542. The number of carbonyl (C=O) groups is 1. The van der Waals surface area contributed by atoms with E-state index in [9.17, 15) is 9.90 Å². The average Bonchev–Trinajstić information content (AvgIpc) is 2.46. The van der Waals surface area contributed by atoms with Crippen molar-refractivity contribution in [3.63, 3.8) is 0 Å². The first-order chi connectivity index (χ1) is 9.62. The molecule has 0 bridgehead atoms. The van der Waals surface area contributed by atoms with Gasteiger partial charge in [0, 0.05) is 16.9 Å². The molecule has 0 saturated carbocycles. The first kappa shape index (κ1) is 16.6. The molecular weight excluding hydrogens is 274 g/mol. The van der Waals surface area contributed by atoms with Crippen molar-refractivity contribution >= 4 is 17.7 Å². The predicted octanol–water partition coefficient (Wildman–Crippen LogP) is 2.09. The number of thioether (sulfide) groups is 1.